The fourth-order valence-electron chi connectivity index (χ4n) is 1.97. The van der Waals surface area contributed by atoms with Crippen LogP contribution in [0.2, 0.25) is 0 Å². The van der Waals surface area contributed by atoms with E-state index in [2.05, 4.69) is 5.32 Å². The summed E-state index contributed by atoms with van der Waals surface area (Å²) in [5.41, 5.74) is -0.297. The minimum absolute atomic E-state index is 0.0571. The highest BCUT2D eigenvalue weighted by Crippen LogP contribution is 2.18. The highest BCUT2D eigenvalue weighted by Gasteiger charge is 2.34. The Morgan fingerprint density at radius 1 is 1.29 bits per heavy atom. The minimum Gasteiger partial charge on any atom is -0.507 e. The van der Waals surface area contributed by atoms with E-state index in [9.17, 15) is 14.7 Å². The van der Waals surface area contributed by atoms with Crippen molar-refractivity contribution in [1.29, 1.82) is 0 Å². The van der Waals surface area contributed by atoms with E-state index in [1.807, 2.05) is 20.8 Å². The summed E-state index contributed by atoms with van der Waals surface area (Å²) in [6.45, 7) is 6.24. The molecule has 0 aliphatic carbocycles. The first-order valence-corrected chi connectivity index (χ1v) is 6.83. The zero-order chi connectivity index (χ0) is 15.6. The lowest BCUT2D eigenvalue weighted by atomic mass is 10.1. The molecule has 2 amide bonds. The van der Waals surface area contributed by atoms with Crippen molar-refractivity contribution in [2.45, 2.75) is 32.4 Å². The van der Waals surface area contributed by atoms with Crippen LogP contribution in [0.1, 0.15) is 31.1 Å². The predicted octanol–water partition coefficient (Wildman–Crippen LogP) is 1.74. The molecule has 0 bridgehead atoms. The summed E-state index contributed by atoms with van der Waals surface area (Å²) in [5, 5.41) is 12.4. The standard InChI is InChI=1S/C15H20N2O4/c1-15(2,3)21-14(20)17-8-10(9-17)16-13(19)11-6-4-5-7-12(11)18/h4-7,10,18H,8-9H2,1-3H3,(H,16,19). The van der Waals surface area contributed by atoms with Gasteiger partial charge >= 0.3 is 6.09 Å². The number of carbonyl (C=O) groups excluding carboxylic acids is 2. The molecule has 114 valence electrons. The number of para-hydroxylation sites is 1. The molecule has 2 N–H and O–H groups in total. The number of hydrogen-bond acceptors (Lipinski definition) is 4. The number of likely N-dealkylation sites (tertiary alicyclic amines) is 1. The number of phenolic OH excluding ortho intramolecular Hbond substituents is 1. The number of carbonyl (C=O) groups is 2. The average Bonchev–Trinajstić information content (AvgIpc) is 2.31. The van der Waals surface area contributed by atoms with Crippen LogP contribution in [0.15, 0.2) is 24.3 Å². The molecule has 1 aliphatic rings. The molecule has 21 heavy (non-hydrogen) atoms. The predicted molar refractivity (Wildman–Crippen MR) is 77.2 cm³/mol. The molecule has 1 aliphatic heterocycles. The normalized spacial score (nSPS) is 15.3. The van der Waals surface area contributed by atoms with Crippen molar-refractivity contribution in [3.63, 3.8) is 0 Å². The van der Waals surface area contributed by atoms with Crippen molar-refractivity contribution < 1.29 is 19.4 Å². The number of nitrogens with one attached hydrogen (secondary N) is 1. The van der Waals surface area contributed by atoms with Crippen molar-refractivity contribution >= 4 is 12.0 Å². The van der Waals surface area contributed by atoms with Crippen molar-refractivity contribution in [3.8, 4) is 5.75 Å². The van der Waals surface area contributed by atoms with E-state index in [4.69, 9.17) is 4.74 Å². The molecular formula is C15H20N2O4. The molecule has 0 aromatic heterocycles. The van der Waals surface area contributed by atoms with E-state index in [1.165, 1.54) is 11.0 Å². The van der Waals surface area contributed by atoms with Crippen LogP contribution in [0, 0.1) is 0 Å². The van der Waals surface area contributed by atoms with Crippen LogP contribution >= 0.6 is 0 Å². The van der Waals surface area contributed by atoms with Gasteiger partial charge in [0.15, 0.2) is 0 Å². The van der Waals surface area contributed by atoms with Gasteiger partial charge in [-0.05, 0) is 32.9 Å². The molecular weight excluding hydrogens is 272 g/mol. The Hall–Kier alpha value is -2.24. The highest BCUT2D eigenvalue weighted by atomic mass is 16.6. The fraction of sp³-hybridized carbons (Fsp3) is 0.467. The molecule has 0 atom stereocenters. The molecule has 1 fully saturated rings. The molecule has 1 heterocycles. The first-order chi connectivity index (χ1) is 9.76. The molecule has 1 aromatic carbocycles. The van der Waals surface area contributed by atoms with Gasteiger partial charge in [-0.15, -0.1) is 0 Å². The lowest BCUT2D eigenvalue weighted by molar-refractivity contribution is 0.00531. The summed E-state index contributed by atoms with van der Waals surface area (Å²) in [6.07, 6.45) is -0.379. The van der Waals surface area contributed by atoms with Crippen LogP contribution in [-0.4, -0.2) is 46.7 Å². The Morgan fingerprint density at radius 3 is 2.48 bits per heavy atom. The number of amides is 2. The monoisotopic (exact) mass is 292 g/mol. The van der Waals surface area contributed by atoms with Crippen molar-refractivity contribution in [2.75, 3.05) is 13.1 Å². The molecule has 6 heteroatoms. The smallest absolute Gasteiger partial charge is 0.410 e. The van der Waals surface area contributed by atoms with Gasteiger partial charge in [-0.1, -0.05) is 12.1 Å². The quantitative estimate of drug-likeness (QED) is 0.870. The maximum absolute atomic E-state index is 12.0. The summed E-state index contributed by atoms with van der Waals surface area (Å²) in [6, 6.07) is 6.23. The number of hydrogen-bond donors (Lipinski definition) is 2. The number of rotatable bonds is 2. The van der Waals surface area contributed by atoms with Crippen LogP contribution in [0.5, 0.6) is 5.75 Å². The Balaban J connectivity index is 1.82. The lowest BCUT2D eigenvalue weighted by Crippen LogP contribution is -2.61. The minimum atomic E-state index is -0.527. The summed E-state index contributed by atoms with van der Waals surface area (Å²) in [4.78, 5) is 25.2. The Morgan fingerprint density at radius 2 is 1.90 bits per heavy atom. The second-order valence-corrected chi connectivity index (χ2v) is 6.07. The van der Waals surface area contributed by atoms with Gasteiger partial charge < -0.3 is 20.1 Å². The van der Waals surface area contributed by atoms with E-state index >= 15 is 0 Å². The van der Waals surface area contributed by atoms with Gasteiger partial charge in [0.05, 0.1) is 11.6 Å². The first kappa shape index (κ1) is 15.2. The van der Waals surface area contributed by atoms with Gasteiger partial charge in [0.2, 0.25) is 0 Å². The SMILES string of the molecule is CC(C)(C)OC(=O)N1CC(NC(=O)c2ccccc2O)C1. The summed E-state index contributed by atoms with van der Waals surface area (Å²) < 4.78 is 5.23. The van der Waals surface area contributed by atoms with Crippen LogP contribution < -0.4 is 5.32 Å². The number of phenols is 1. The third kappa shape index (κ3) is 3.87. The second kappa shape index (κ2) is 5.63. The average molecular weight is 292 g/mol. The van der Waals surface area contributed by atoms with Gasteiger partial charge in [0, 0.05) is 13.1 Å². The number of ether oxygens (including phenoxy) is 1. The van der Waals surface area contributed by atoms with Gasteiger partial charge in [-0.3, -0.25) is 4.79 Å². The number of benzene rings is 1. The zero-order valence-electron chi connectivity index (χ0n) is 12.4. The van der Waals surface area contributed by atoms with Crippen LogP contribution in [-0.2, 0) is 4.74 Å². The zero-order valence-corrected chi connectivity index (χ0v) is 12.4. The van der Waals surface area contributed by atoms with Gasteiger partial charge in [0.25, 0.3) is 5.91 Å². The van der Waals surface area contributed by atoms with E-state index < -0.39 is 5.60 Å². The maximum Gasteiger partial charge on any atom is 0.410 e. The van der Waals surface area contributed by atoms with E-state index in [1.54, 1.807) is 18.2 Å². The molecule has 1 saturated heterocycles. The highest BCUT2D eigenvalue weighted by molar-refractivity contribution is 5.97. The molecule has 0 unspecified atom stereocenters. The van der Waals surface area contributed by atoms with Crippen molar-refractivity contribution in [3.05, 3.63) is 29.8 Å². The Labute approximate surface area is 123 Å². The van der Waals surface area contributed by atoms with E-state index in [-0.39, 0.29) is 29.4 Å². The summed E-state index contributed by atoms with van der Waals surface area (Å²) >= 11 is 0. The van der Waals surface area contributed by atoms with Crippen molar-refractivity contribution in [1.82, 2.24) is 10.2 Å². The van der Waals surface area contributed by atoms with Gasteiger partial charge in [-0.25, -0.2) is 4.79 Å². The van der Waals surface area contributed by atoms with Gasteiger partial charge in [0.1, 0.15) is 11.4 Å². The molecule has 0 spiro atoms. The summed E-state index contributed by atoms with van der Waals surface area (Å²) in [7, 11) is 0. The second-order valence-electron chi connectivity index (χ2n) is 6.07. The van der Waals surface area contributed by atoms with Gasteiger partial charge in [-0.2, -0.15) is 0 Å². The Kier molecular flexibility index (Phi) is 4.06. The third-order valence-electron chi connectivity index (χ3n) is 3.02. The molecule has 6 nitrogen and oxygen atoms in total. The van der Waals surface area contributed by atoms with Crippen LogP contribution in [0.3, 0.4) is 0 Å². The molecule has 0 saturated carbocycles. The fourth-order valence-corrected chi connectivity index (χ4v) is 1.97. The Bertz CT molecular complexity index is 545. The topological polar surface area (TPSA) is 78.9 Å². The largest absolute Gasteiger partial charge is 0.507 e. The summed E-state index contributed by atoms with van der Waals surface area (Å²) in [5.74, 6) is -0.403. The van der Waals surface area contributed by atoms with Crippen molar-refractivity contribution in [2.24, 2.45) is 0 Å². The molecule has 2 rings (SSSR count). The van der Waals surface area contributed by atoms with E-state index in [0.29, 0.717) is 13.1 Å². The van der Waals surface area contributed by atoms with Crippen LogP contribution in [0.4, 0.5) is 4.79 Å². The van der Waals surface area contributed by atoms with E-state index in [0.717, 1.165) is 0 Å². The number of nitrogens with zero attached hydrogens (tertiary/aromatic N) is 1. The third-order valence-corrected chi connectivity index (χ3v) is 3.02. The molecule has 1 aromatic rings. The first-order valence-electron chi connectivity index (χ1n) is 6.83. The number of aromatic hydroxyl groups is 1. The van der Waals surface area contributed by atoms with Crippen LogP contribution in [0.25, 0.3) is 0 Å². The maximum atomic E-state index is 12.0. The lowest BCUT2D eigenvalue weighted by Gasteiger charge is -2.39. The molecule has 0 radical (unpaired) electrons.